The molecule has 1 unspecified atom stereocenters. The minimum atomic E-state index is -4.36. The molecule has 138 valence electrons. The first-order valence-corrected chi connectivity index (χ1v) is 8.97. The molecule has 26 heavy (non-hydrogen) atoms. The van der Waals surface area contributed by atoms with Gasteiger partial charge in [-0.2, -0.15) is 13.2 Å². The van der Waals surface area contributed by atoms with E-state index in [0.29, 0.717) is 16.8 Å². The van der Waals surface area contributed by atoms with Crippen LogP contribution in [0.3, 0.4) is 0 Å². The van der Waals surface area contributed by atoms with Gasteiger partial charge in [-0.05, 0) is 73.8 Å². The number of isocyanates is 1. The zero-order valence-corrected chi connectivity index (χ0v) is 14.6. The van der Waals surface area contributed by atoms with Gasteiger partial charge in [0.05, 0.1) is 17.1 Å². The Morgan fingerprint density at radius 3 is 2.58 bits per heavy atom. The highest BCUT2D eigenvalue weighted by Crippen LogP contribution is 2.41. The van der Waals surface area contributed by atoms with Crippen LogP contribution in [-0.2, 0) is 11.0 Å². The van der Waals surface area contributed by atoms with Crippen LogP contribution >= 0.6 is 0 Å². The van der Waals surface area contributed by atoms with Gasteiger partial charge in [-0.25, -0.2) is 9.79 Å². The number of aromatic nitrogens is 1. The Kier molecular flexibility index (Phi) is 5.42. The smallest absolute Gasteiger partial charge is 0.256 e. The summed E-state index contributed by atoms with van der Waals surface area (Å²) in [7, 11) is 0. The lowest BCUT2D eigenvalue weighted by Crippen LogP contribution is -2.23. The molecule has 0 N–H and O–H groups in total. The molecule has 3 nitrogen and oxygen atoms in total. The molecule has 3 rings (SSSR count). The molecule has 1 saturated carbocycles. The summed E-state index contributed by atoms with van der Waals surface area (Å²) >= 11 is 0. The fourth-order valence-corrected chi connectivity index (χ4v) is 4.11. The second-order valence-corrected chi connectivity index (χ2v) is 6.94. The van der Waals surface area contributed by atoms with Gasteiger partial charge in [-0.3, -0.25) is 4.98 Å². The predicted octanol–water partition coefficient (Wildman–Crippen LogP) is 5.64. The molecule has 0 aliphatic heterocycles. The van der Waals surface area contributed by atoms with Crippen LogP contribution in [0.5, 0.6) is 0 Å². The Hall–Kier alpha value is -2.20. The fraction of sp³-hybridized carbons (Fsp3) is 0.500. The van der Waals surface area contributed by atoms with Crippen LogP contribution in [0.4, 0.5) is 13.2 Å². The Bertz CT molecular complexity index is 819. The highest BCUT2D eigenvalue weighted by molar-refractivity contribution is 5.83. The fourth-order valence-electron chi connectivity index (χ4n) is 4.11. The van der Waals surface area contributed by atoms with Gasteiger partial charge in [-0.15, -0.1) is 0 Å². The lowest BCUT2D eigenvalue weighted by atomic mass is 9.75. The van der Waals surface area contributed by atoms with Crippen LogP contribution in [0.25, 0.3) is 10.9 Å². The van der Waals surface area contributed by atoms with Gasteiger partial charge >= 0.3 is 6.18 Å². The van der Waals surface area contributed by atoms with Gasteiger partial charge in [0.1, 0.15) is 0 Å². The maximum Gasteiger partial charge on any atom is 0.416 e. The van der Waals surface area contributed by atoms with Crippen LogP contribution in [-0.4, -0.2) is 17.1 Å². The van der Waals surface area contributed by atoms with Crippen molar-refractivity contribution in [2.75, 3.05) is 0 Å². The number of halogens is 3. The third-order valence-corrected chi connectivity index (χ3v) is 5.50. The Morgan fingerprint density at radius 2 is 1.96 bits per heavy atom. The van der Waals surface area contributed by atoms with Crippen molar-refractivity contribution in [1.29, 1.82) is 0 Å². The normalized spacial score (nSPS) is 22.0. The maximum absolute atomic E-state index is 13.1. The van der Waals surface area contributed by atoms with Crippen LogP contribution < -0.4 is 0 Å². The van der Waals surface area contributed by atoms with Gasteiger partial charge in [0.15, 0.2) is 0 Å². The lowest BCUT2D eigenvalue weighted by molar-refractivity contribution is -0.137. The maximum atomic E-state index is 13.1. The summed E-state index contributed by atoms with van der Waals surface area (Å²) in [5.74, 6) is 0.550. The third-order valence-electron chi connectivity index (χ3n) is 5.50. The molecule has 0 spiro atoms. The molecule has 1 aromatic carbocycles. The van der Waals surface area contributed by atoms with E-state index < -0.39 is 11.7 Å². The molecule has 0 amide bonds. The second kappa shape index (κ2) is 7.58. The summed E-state index contributed by atoms with van der Waals surface area (Å²) in [6.07, 6.45) is 3.36. The van der Waals surface area contributed by atoms with Crippen molar-refractivity contribution in [1.82, 2.24) is 4.98 Å². The van der Waals surface area contributed by atoms with E-state index >= 15 is 0 Å². The molecule has 1 aromatic heterocycles. The van der Waals surface area contributed by atoms with Crippen LogP contribution in [0, 0.1) is 5.92 Å². The first-order chi connectivity index (χ1) is 12.4. The predicted molar refractivity (Wildman–Crippen MR) is 93.6 cm³/mol. The number of rotatable bonds is 4. The Morgan fingerprint density at radius 1 is 1.23 bits per heavy atom. The summed E-state index contributed by atoms with van der Waals surface area (Å²) < 4.78 is 39.2. The number of hydrogen-bond acceptors (Lipinski definition) is 3. The molecular weight excluding hydrogens is 341 g/mol. The third kappa shape index (κ3) is 3.80. The summed E-state index contributed by atoms with van der Waals surface area (Å²) in [6, 6.07) is 5.58. The largest absolute Gasteiger partial charge is 0.416 e. The average molecular weight is 362 g/mol. The number of hydrogen-bond donors (Lipinski definition) is 0. The number of nitrogens with zero attached hydrogens (tertiary/aromatic N) is 2. The van der Waals surface area contributed by atoms with E-state index in [1.165, 1.54) is 12.1 Å². The summed E-state index contributed by atoms with van der Waals surface area (Å²) in [5, 5.41) is 0.587. The van der Waals surface area contributed by atoms with E-state index in [0.717, 1.165) is 43.7 Å². The van der Waals surface area contributed by atoms with E-state index in [4.69, 9.17) is 0 Å². The summed E-state index contributed by atoms with van der Waals surface area (Å²) in [5.41, 5.74) is 0.889. The van der Waals surface area contributed by atoms with Crippen LogP contribution in [0.1, 0.15) is 56.1 Å². The van der Waals surface area contributed by atoms with Crippen molar-refractivity contribution in [3.8, 4) is 0 Å². The number of pyridine rings is 1. The van der Waals surface area contributed by atoms with Crippen LogP contribution in [0.2, 0.25) is 0 Å². The number of carbonyl (C=O) groups excluding carboxylic acids is 1. The van der Waals surface area contributed by atoms with Gasteiger partial charge in [-0.1, -0.05) is 6.92 Å². The molecular formula is C20H21F3N2O. The van der Waals surface area contributed by atoms with E-state index in [2.05, 4.69) is 9.98 Å². The Balaban J connectivity index is 1.86. The van der Waals surface area contributed by atoms with Gasteiger partial charge in [0.2, 0.25) is 6.08 Å². The van der Waals surface area contributed by atoms with E-state index in [1.54, 1.807) is 12.3 Å². The summed E-state index contributed by atoms with van der Waals surface area (Å²) in [4.78, 5) is 18.7. The van der Waals surface area contributed by atoms with Gasteiger partial charge < -0.3 is 0 Å². The molecule has 1 fully saturated rings. The highest BCUT2D eigenvalue weighted by Gasteiger charge is 2.32. The van der Waals surface area contributed by atoms with Crippen molar-refractivity contribution in [2.45, 2.75) is 57.2 Å². The number of alkyl halides is 3. The topological polar surface area (TPSA) is 42.3 Å². The van der Waals surface area contributed by atoms with Crippen molar-refractivity contribution < 1.29 is 18.0 Å². The number of fused-ring (bicyclic) bond motifs is 1. The first kappa shape index (κ1) is 18.6. The Labute approximate surface area is 150 Å². The number of aliphatic imine (C=N–C) groups is 1. The molecule has 1 heterocycles. The minimum Gasteiger partial charge on any atom is -0.256 e. The molecule has 1 aliphatic carbocycles. The van der Waals surface area contributed by atoms with Crippen molar-refractivity contribution in [3.05, 3.63) is 41.6 Å². The molecule has 6 heteroatoms. The van der Waals surface area contributed by atoms with E-state index in [9.17, 15) is 18.0 Å². The molecule has 2 aromatic rings. The minimum absolute atomic E-state index is 0.000494. The molecule has 1 aliphatic rings. The first-order valence-electron chi connectivity index (χ1n) is 8.97. The molecule has 0 radical (unpaired) electrons. The molecule has 0 bridgehead atoms. The van der Waals surface area contributed by atoms with Crippen molar-refractivity contribution in [3.63, 3.8) is 0 Å². The SMILES string of the molecule is CCC(N=C=O)[C@H]1CC[C@@H](c2ccnc3ccc(C(F)(F)F)cc32)CC1. The second-order valence-electron chi connectivity index (χ2n) is 6.94. The van der Waals surface area contributed by atoms with Crippen molar-refractivity contribution >= 4 is 17.0 Å². The lowest BCUT2D eigenvalue weighted by Gasteiger charge is -2.32. The standard InChI is InChI=1S/C20H21F3N2O/c1-2-18(25-12-26)14-5-3-13(4-6-14)16-9-10-24-19-8-7-15(11-17(16)19)20(21,22)23/h7-11,13-14,18H,2-6H2,1H3/t13-,14+,18?. The molecule has 1 atom stereocenters. The van der Waals surface area contributed by atoms with Crippen LogP contribution in [0.15, 0.2) is 35.5 Å². The zero-order valence-electron chi connectivity index (χ0n) is 14.6. The average Bonchev–Trinajstić information content (AvgIpc) is 2.64. The number of benzene rings is 1. The highest BCUT2D eigenvalue weighted by atomic mass is 19.4. The zero-order chi connectivity index (χ0) is 18.7. The van der Waals surface area contributed by atoms with Crippen molar-refractivity contribution in [2.24, 2.45) is 10.9 Å². The van der Waals surface area contributed by atoms with Gasteiger partial charge in [0, 0.05) is 11.6 Å². The monoisotopic (exact) mass is 362 g/mol. The van der Waals surface area contributed by atoms with Gasteiger partial charge in [0.25, 0.3) is 0 Å². The van der Waals surface area contributed by atoms with E-state index in [-0.39, 0.29) is 12.0 Å². The molecule has 0 saturated heterocycles. The van der Waals surface area contributed by atoms with E-state index in [1.807, 2.05) is 13.0 Å². The summed E-state index contributed by atoms with van der Waals surface area (Å²) in [6.45, 7) is 2.01. The quantitative estimate of drug-likeness (QED) is 0.522.